The Kier molecular flexibility index (Phi) is 4.30. The van der Waals surface area contributed by atoms with Crippen LogP contribution in [0.4, 0.5) is 0 Å². The second-order valence-electron chi connectivity index (χ2n) is 5.86. The number of aromatic nitrogens is 2. The minimum Gasteiger partial charge on any atom is -0.423 e. The van der Waals surface area contributed by atoms with Gasteiger partial charge in [-0.3, -0.25) is 9.97 Å². The molecule has 0 fully saturated rings. The van der Waals surface area contributed by atoms with Gasteiger partial charge in [0.2, 0.25) is 0 Å². The van der Waals surface area contributed by atoms with Gasteiger partial charge in [0.15, 0.2) is 0 Å². The van der Waals surface area contributed by atoms with Crippen molar-refractivity contribution in [2.45, 2.75) is 0 Å². The van der Waals surface area contributed by atoms with Crippen LogP contribution in [0.2, 0.25) is 0 Å². The molecule has 1 aromatic heterocycles. The van der Waals surface area contributed by atoms with Gasteiger partial charge < -0.3 is 4.74 Å². The molecule has 4 aromatic rings. The van der Waals surface area contributed by atoms with E-state index in [-0.39, 0.29) is 0 Å². The molecule has 5 heteroatoms. The smallest absolute Gasteiger partial charge is 0.343 e. The van der Waals surface area contributed by atoms with E-state index in [0.717, 1.165) is 16.6 Å². The largest absolute Gasteiger partial charge is 0.423 e. The molecule has 0 bridgehead atoms. The Labute approximate surface area is 155 Å². The standard InChI is InChI=1S/C22H13N3O2/c23-14-15-1-3-16(4-2-15)17-5-8-19(9-6-17)27-22(26)18-7-10-20-21(13-18)25-12-11-24-20/h1-13H. The predicted molar refractivity (Wildman–Crippen MR) is 101 cm³/mol. The van der Waals surface area contributed by atoms with Crippen LogP contribution in [0.5, 0.6) is 5.75 Å². The molecule has 1 heterocycles. The number of ether oxygens (including phenoxy) is 1. The van der Waals surface area contributed by atoms with E-state index in [1.165, 1.54) is 0 Å². The molecule has 0 saturated carbocycles. The number of carbonyl (C=O) groups excluding carboxylic acids is 1. The minimum absolute atomic E-state index is 0.416. The summed E-state index contributed by atoms with van der Waals surface area (Å²) in [5.74, 6) is 0.00492. The molecule has 3 aromatic carbocycles. The number of nitrogens with zero attached hydrogens (tertiary/aromatic N) is 3. The van der Waals surface area contributed by atoms with Crippen molar-refractivity contribution in [3.63, 3.8) is 0 Å². The van der Waals surface area contributed by atoms with Crippen molar-refractivity contribution in [1.29, 1.82) is 5.26 Å². The second kappa shape index (κ2) is 7.06. The highest BCUT2D eigenvalue weighted by molar-refractivity contribution is 5.94. The van der Waals surface area contributed by atoms with E-state index in [1.54, 1.807) is 54.9 Å². The average Bonchev–Trinajstić information content (AvgIpc) is 2.74. The van der Waals surface area contributed by atoms with E-state index >= 15 is 0 Å². The molecular weight excluding hydrogens is 338 g/mol. The zero-order valence-electron chi connectivity index (χ0n) is 14.2. The van der Waals surface area contributed by atoms with Crippen LogP contribution in [0.3, 0.4) is 0 Å². The number of esters is 1. The molecule has 0 aliphatic carbocycles. The molecule has 0 N–H and O–H groups in total. The van der Waals surface area contributed by atoms with Crippen molar-refractivity contribution in [3.05, 3.63) is 90.3 Å². The number of hydrogen-bond acceptors (Lipinski definition) is 5. The van der Waals surface area contributed by atoms with Crippen LogP contribution < -0.4 is 4.74 Å². The van der Waals surface area contributed by atoms with Gasteiger partial charge in [-0.05, 0) is 53.6 Å². The molecule has 0 amide bonds. The highest BCUT2D eigenvalue weighted by atomic mass is 16.5. The van der Waals surface area contributed by atoms with Crippen LogP contribution in [0.25, 0.3) is 22.2 Å². The molecule has 4 rings (SSSR count). The van der Waals surface area contributed by atoms with Gasteiger partial charge in [0.25, 0.3) is 0 Å². The van der Waals surface area contributed by atoms with Crippen molar-refractivity contribution in [2.24, 2.45) is 0 Å². The fourth-order valence-electron chi connectivity index (χ4n) is 2.71. The van der Waals surface area contributed by atoms with E-state index in [0.29, 0.717) is 22.4 Å². The molecule has 0 aliphatic heterocycles. The summed E-state index contributed by atoms with van der Waals surface area (Å²) in [6.07, 6.45) is 3.19. The van der Waals surface area contributed by atoms with Gasteiger partial charge in [0, 0.05) is 12.4 Å². The third kappa shape index (κ3) is 3.51. The third-order valence-corrected chi connectivity index (χ3v) is 4.12. The van der Waals surface area contributed by atoms with Crippen molar-refractivity contribution in [2.75, 3.05) is 0 Å². The highest BCUT2D eigenvalue weighted by Crippen LogP contribution is 2.23. The number of carbonyl (C=O) groups is 1. The molecule has 0 spiro atoms. The lowest BCUT2D eigenvalue weighted by molar-refractivity contribution is 0.0735. The van der Waals surface area contributed by atoms with Crippen molar-refractivity contribution in [3.8, 4) is 22.9 Å². The quantitative estimate of drug-likeness (QED) is 0.404. The first-order chi connectivity index (χ1) is 13.2. The van der Waals surface area contributed by atoms with Gasteiger partial charge in [-0.15, -0.1) is 0 Å². The van der Waals surface area contributed by atoms with Crippen LogP contribution in [-0.2, 0) is 0 Å². The Morgan fingerprint density at radius 3 is 2.11 bits per heavy atom. The Morgan fingerprint density at radius 2 is 1.44 bits per heavy atom. The first-order valence-electron chi connectivity index (χ1n) is 8.26. The van der Waals surface area contributed by atoms with Gasteiger partial charge in [-0.1, -0.05) is 24.3 Å². The van der Waals surface area contributed by atoms with Gasteiger partial charge in [-0.2, -0.15) is 5.26 Å². The van der Waals surface area contributed by atoms with E-state index in [2.05, 4.69) is 16.0 Å². The van der Waals surface area contributed by atoms with Crippen molar-refractivity contribution < 1.29 is 9.53 Å². The minimum atomic E-state index is -0.450. The number of fused-ring (bicyclic) bond motifs is 1. The van der Waals surface area contributed by atoms with Crippen LogP contribution in [0.15, 0.2) is 79.1 Å². The summed E-state index contributed by atoms with van der Waals surface area (Å²) in [6, 6.07) is 21.7. The molecule has 5 nitrogen and oxygen atoms in total. The van der Waals surface area contributed by atoms with E-state index < -0.39 is 5.97 Å². The second-order valence-corrected chi connectivity index (χ2v) is 5.86. The monoisotopic (exact) mass is 351 g/mol. The molecule has 0 unspecified atom stereocenters. The van der Waals surface area contributed by atoms with E-state index in [9.17, 15) is 4.79 Å². The molecule has 0 saturated heterocycles. The lowest BCUT2D eigenvalue weighted by Gasteiger charge is -2.07. The SMILES string of the molecule is N#Cc1ccc(-c2ccc(OC(=O)c3ccc4nccnc4c3)cc2)cc1. The lowest BCUT2D eigenvalue weighted by atomic mass is 10.0. The van der Waals surface area contributed by atoms with E-state index in [4.69, 9.17) is 10.00 Å². The summed E-state index contributed by atoms with van der Waals surface area (Å²) < 4.78 is 5.45. The van der Waals surface area contributed by atoms with Crippen LogP contribution in [0.1, 0.15) is 15.9 Å². The summed E-state index contributed by atoms with van der Waals surface area (Å²) in [5.41, 5.74) is 4.35. The number of benzene rings is 3. The van der Waals surface area contributed by atoms with Crippen LogP contribution in [0, 0.1) is 11.3 Å². The fourth-order valence-corrected chi connectivity index (χ4v) is 2.71. The normalized spacial score (nSPS) is 10.3. The Bertz CT molecular complexity index is 1160. The van der Waals surface area contributed by atoms with Gasteiger partial charge >= 0.3 is 5.97 Å². The third-order valence-electron chi connectivity index (χ3n) is 4.12. The van der Waals surface area contributed by atoms with Crippen molar-refractivity contribution >= 4 is 17.0 Å². The van der Waals surface area contributed by atoms with Crippen LogP contribution in [-0.4, -0.2) is 15.9 Å². The topological polar surface area (TPSA) is 75.9 Å². The summed E-state index contributed by atoms with van der Waals surface area (Å²) >= 11 is 0. The zero-order valence-corrected chi connectivity index (χ0v) is 14.2. The fraction of sp³-hybridized carbons (Fsp3) is 0. The van der Waals surface area contributed by atoms with E-state index in [1.807, 2.05) is 24.3 Å². The summed E-state index contributed by atoms with van der Waals surface area (Å²) in [4.78, 5) is 20.8. The Hall–Kier alpha value is -4.04. The molecule has 27 heavy (non-hydrogen) atoms. The van der Waals surface area contributed by atoms with Gasteiger partial charge in [0.05, 0.1) is 28.2 Å². The Morgan fingerprint density at radius 1 is 0.815 bits per heavy atom. The first kappa shape index (κ1) is 16.4. The zero-order chi connectivity index (χ0) is 18.6. The summed E-state index contributed by atoms with van der Waals surface area (Å²) in [7, 11) is 0. The molecule has 0 radical (unpaired) electrons. The molecule has 0 atom stereocenters. The first-order valence-corrected chi connectivity index (χ1v) is 8.26. The molecule has 0 aliphatic rings. The maximum atomic E-state index is 12.4. The maximum Gasteiger partial charge on any atom is 0.343 e. The van der Waals surface area contributed by atoms with Gasteiger partial charge in [0.1, 0.15) is 5.75 Å². The molecular formula is C22H13N3O2. The maximum absolute atomic E-state index is 12.4. The Balaban J connectivity index is 1.51. The van der Waals surface area contributed by atoms with Crippen LogP contribution >= 0.6 is 0 Å². The number of hydrogen-bond donors (Lipinski definition) is 0. The lowest BCUT2D eigenvalue weighted by Crippen LogP contribution is -2.08. The average molecular weight is 351 g/mol. The highest BCUT2D eigenvalue weighted by Gasteiger charge is 2.10. The number of rotatable bonds is 3. The van der Waals surface area contributed by atoms with Gasteiger partial charge in [-0.25, -0.2) is 4.79 Å². The van der Waals surface area contributed by atoms with Crippen molar-refractivity contribution in [1.82, 2.24) is 9.97 Å². The predicted octanol–water partition coefficient (Wildman–Crippen LogP) is 4.39. The summed E-state index contributed by atoms with van der Waals surface area (Å²) in [5, 5.41) is 8.87. The molecule has 128 valence electrons. The number of nitriles is 1. The summed E-state index contributed by atoms with van der Waals surface area (Å²) in [6.45, 7) is 0.